The Kier molecular flexibility index (Phi) is 5.04. The van der Waals surface area contributed by atoms with Gasteiger partial charge in [0.25, 0.3) is 0 Å². The number of halogens is 2. The lowest BCUT2D eigenvalue weighted by Gasteiger charge is -2.13. The van der Waals surface area contributed by atoms with Gasteiger partial charge in [0.05, 0.1) is 6.10 Å². The predicted octanol–water partition coefficient (Wildman–Crippen LogP) is 3.40. The molecule has 112 valence electrons. The monoisotopic (exact) mass is 291 g/mol. The van der Waals surface area contributed by atoms with Crippen molar-refractivity contribution >= 4 is 0 Å². The maximum Gasteiger partial charge on any atom is 0.129 e. The van der Waals surface area contributed by atoms with E-state index in [1.165, 1.54) is 12.1 Å². The van der Waals surface area contributed by atoms with Gasteiger partial charge in [0.2, 0.25) is 0 Å². The van der Waals surface area contributed by atoms with Crippen LogP contribution in [0.25, 0.3) is 0 Å². The maximum atomic E-state index is 13.5. The minimum atomic E-state index is -0.701. The van der Waals surface area contributed by atoms with Gasteiger partial charge in [0.1, 0.15) is 11.6 Å². The number of aliphatic hydroxyl groups is 1. The second kappa shape index (κ2) is 6.78. The van der Waals surface area contributed by atoms with Crippen LogP contribution in [0.15, 0.2) is 36.4 Å². The molecule has 2 nitrogen and oxygen atoms in total. The smallest absolute Gasteiger partial charge is 0.129 e. The molecule has 0 fully saturated rings. The molecular weight excluding hydrogens is 272 g/mol. The van der Waals surface area contributed by atoms with Crippen LogP contribution in [0.4, 0.5) is 8.78 Å². The van der Waals surface area contributed by atoms with Crippen LogP contribution in [0.3, 0.4) is 0 Å². The molecule has 0 saturated carbocycles. The van der Waals surface area contributed by atoms with Crippen LogP contribution in [0, 0.1) is 25.5 Å². The first-order valence-corrected chi connectivity index (χ1v) is 6.87. The largest absolute Gasteiger partial charge is 0.387 e. The van der Waals surface area contributed by atoms with Gasteiger partial charge in [-0.25, -0.2) is 8.78 Å². The molecule has 0 spiro atoms. The van der Waals surface area contributed by atoms with Crippen LogP contribution in [-0.2, 0) is 6.54 Å². The molecule has 2 N–H and O–H groups in total. The number of benzene rings is 2. The minimum Gasteiger partial charge on any atom is -0.387 e. The van der Waals surface area contributed by atoms with Crippen molar-refractivity contribution in [3.63, 3.8) is 0 Å². The molecule has 4 heteroatoms. The molecule has 0 saturated heterocycles. The Morgan fingerprint density at radius 1 is 1.05 bits per heavy atom. The van der Waals surface area contributed by atoms with E-state index < -0.39 is 6.10 Å². The van der Waals surface area contributed by atoms with E-state index in [-0.39, 0.29) is 11.6 Å². The van der Waals surface area contributed by atoms with E-state index >= 15 is 0 Å². The van der Waals surface area contributed by atoms with Crippen molar-refractivity contribution in [2.75, 3.05) is 6.54 Å². The zero-order chi connectivity index (χ0) is 15.4. The molecule has 0 bridgehead atoms. The lowest BCUT2D eigenvalue weighted by atomic mass is 10.1. The lowest BCUT2D eigenvalue weighted by molar-refractivity contribution is 0.174. The molecular formula is C17H19F2NO. The SMILES string of the molecule is Cc1cc(CNCC(O)c2ccc(F)cc2)cc(C)c1F. The fourth-order valence-corrected chi connectivity index (χ4v) is 2.29. The number of hydrogen-bond acceptors (Lipinski definition) is 2. The standard InChI is InChI=1S/C17H19F2NO/c1-11-7-13(8-12(2)17(11)19)9-20-10-16(21)14-3-5-15(18)6-4-14/h3-8,16,20-21H,9-10H2,1-2H3. The molecule has 0 radical (unpaired) electrons. The van der Waals surface area contributed by atoms with Crippen molar-refractivity contribution in [3.8, 4) is 0 Å². The van der Waals surface area contributed by atoms with Crippen LogP contribution in [0.2, 0.25) is 0 Å². The molecule has 0 aliphatic heterocycles. The van der Waals surface area contributed by atoms with Crippen molar-refractivity contribution in [1.82, 2.24) is 5.32 Å². The average molecular weight is 291 g/mol. The predicted molar refractivity (Wildman–Crippen MR) is 78.9 cm³/mol. The highest BCUT2D eigenvalue weighted by atomic mass is 19.1. The van der Waals surface area contributed by atoms with E-state index in [0.717, 1.165) is 5.56 Å². The second-order valence-corrected chi connectivity index (χ2v) is 5.24. The summed E-state index contributed by atoms with van der Waals surface area (Å²) in [5.74, 6) is -0.499. The van der Waals surface area contributed by atoms with Crippen LogP contribution < -0.4 is 5.32 Å². The summed E-state index contributed by atoms with van der Waals surface area (Å²) in [5.41, 5.74) is 2.87. The summed E-state index contributed by atoms with van der Waals surface area (Å²) in [7, 11) is 0. The second-order valence-electron chi connectivity index (χ2n) is 5.24. The summed E-state index contributed by atoms with van der Waals surface area (Å²) in [5, 5.41) is 13.1. The van der Waals surface area contributed by atoms with Gasteiger partial charge >= 0.3 is 0 Å². The third-order valence-corrected chi connectivity index (χ3v) is 3.42. The highest BCUT2D eigenvalue weighted by molar-refractivity contribution is 5.30. The molecule has 2 rings (SSSR count). The fraction of sp³-hybridized carbons (Fsp3) is 0.294. The fourth-order valence-electron chi connectivity index (χ4n) is 2.29. The van der Waals surface area contributed by atoms with Crippen LogP contribution in [0.1, 0.15) is 28.4 Å². The van der Waals surface area contributed by atoms with Gasteiger partial charge in [0, 0.05) is 13.1 Å². The van der Waals surface area contributed by atoms with Gasteiger partial charge in [-0.15, -0.1) is 0 Å². The number of nitrogens with one attached hydrogen (secondary N) is 1. The summed E-state index contributed by atoms with van der Waals surface area (Å²) in [6.45, 7) is 4.36. The normalized spacial score (nSPS) is 12.4. The Morgan fingerprint density at radius 2 is 1.62 bits per heavy atom. The lowest BCUT2D eigenvalue weighted by Crippen LogP contribution is -2.21. The summed E-state index contributed by atoms with van der Waals surface area (Å²) in [6, 6.07) is 9.36. The van der Waals surface area contributed by atoms with E-state index in [1.807, 2.05) is 0 Å². The van der Waals surface area contributed by atoms with Crippen LogP contribution >= 0.6 is 0 Å². The molecule has 2 aromatic carbocycles. The van der Waals surface area contributed by atoms with E-state index in [0.29, 0.717) is 29.8 Å². The van der Waals surface area contributed by atoms with Gasteiger partial charge in [-0.05, 0) is 48.2 Å². The molecule has 0 aromatic heterocycles. The summed E-state index contributed by atoms with van der Waals surface area (Å²) < 4.78 is 26.3. The third-order valence-electron chi connectivity index (χ3n) is 3.42. The summed E-state index contributed by atoms with van der Waals surface area (Å²) in [6.07, 6.45) is -0.701. The number of hydrogen-bond donors (Lipinski definition) is 2. The summed E-state index contributed by atoms with van der Waals surface area (Å²) >= 11 is 0. The van der Waals surface area contributed by atoms with Gasteiger partial charge in [-0.3, -0.25) is 0 Å². The van der Waals surface area contributed by atoms with Crippen molar-refractivity contribution in [2.45, 2.75) is 26.5 Å². The first-order valence-electron chi connectivity index (χ1n) is 6.87. The topological polar surface area (TPSA) is 32.3 Å². The van der Waals surface area contributed by atoms with E-state index in [1.54, 1.807) is 38.1 Å². The Hall–Kier alpha value is -1.78. The molecule has 0 aliphatic rings. The van der Waals surface area contributed by atoms with Crippen LogP contribution in [0.5, 0.6) is 0 Å². The van der Waals surface area contributed by atoms with Crippen molar-refractivity contribution in [1.29, 1.82) is 0 Å². The Labute approximate surface area is 123 Å². The Morgan fingerprint density at radius 3 is 2.19 bits per heavy atom. The van der Waals surface area contributed by atoms with E-state index in [2.05, 4.69) is 5.32 Å². The van der Waals surface area contributed by atoms with Crippen LogP contribution in [-0.4, -0.2) is 11.7 Å². The zero-order valence-corrected chi connectivity index (χ0v) is 12.2. The van der Waals surface area contributed by atoms with E-state index in [9.17, 15) is 13.9 Å². The third kappa shape index (κ3) is 4.09. The number of aliphatic hydroxyl groups excluding tert-OH is 1. The molecule has 1 atom stereocenters. The molecule has 21 heavy (non-hydrogen) atoms. The van der Waals surface area contributed by atoms with Gasteiger partial charge in [-0.2, -0.15) is 0 Å². The first kappa shape index (κ1) is 15.6. The Balaban J connectivity index is 1.91. The first-order chi connectivity index (χ1) is 9.97. The molecule has 1 unspecified atom stereocenters. The average Bonchev–Trinajstić information content (AvgIpc) is 2.45. The molecule has 0 aliphatic carbocycles. The highest BCUT2D eigenvalue weighted by Gasteiger charge is 2.08. The van der Waals surface area contributed by atoms with Crippen molar-refractivity contribution in [2.24, 2.45) is 0 Å². The van der Waals surface area contributed by atoms with E-state index in [4.69, 9.17) is 0 Å². The number of rotatable bonds is 5. The van der Waals surface area contributed by atoms with Gasteiger partial charge < -0.3 is 10.4 Å². The molecule has 0 amide bonds. The minimum absolute atomic E-state index is 0.176. The zero-order valence-electron chi connectivity index (χ0n) is 12.2. The number of aryl methyl sites for hydroxylation is 2. The van der Waals surface area contributed by atoms with Crippen molar-refractivity contribution < 1.29 is 13.9 Å². The Bertz CT molecular complexity index is 588. The van der Waals surface area contributed by atoms with Crippen molar-refractivity contribution in [3.05, 3.63) is 70.3 Å². The highest BCUT2D eigenvalue weighted by Crippen LogP contribution is 2.15. The molecule has 0 heterocycles. The maximum absolute atomic E-state index is 13.5. The summed E-state index contributed by atoms with van der Waals surface area (Å²) in [4.78, 5) is 0. The van der Waals surface area contributed by atoms with Gasteiger partial charge in [-0.1, -0.05) is 24.3 Å². The molecule has 2 aromatic rings. The quantitative estimate of drug-likeness (QED) is 0.885. The van der Waals surface area contributed by atoms with Gasteiger partial charge in [0.15, 0.2) is 0 Å².